The topological polar surface area (TPSA) is 66.4 Å². The van der Waals surface area contributed by atoms with Crippen molar-refractivity contribution in [2.45, 2.75) is 32.2 Å². The normalized spacial score (nSPS) is 11.9. The third kappa shape index (κ3) is 4.37. The summed E-state index contributed by atoms with van der Waals surface area (Å²) in [4.78, 5) is 22.6. The van der Waals surface area contributed by atoms with E-state index in [0.29, 0.717) is 17.0 Å². The molecule has 1 amide bonds. The molecule has 0 aliphatic heterocycles. The second-order valence-electron chi connectivity index (χ2n) is 4.04. The van der Waals surface area contributed by atoms with Gasteiger partial charge in [0, 0.05) is 6.04 Å². The van der Waals surface area contributed by atoms with E-state index in [1.807, 2.05) is 6.92 Å². The Balaban J connectivity index is 2.72. The number of hydrogen-bond acceptors (Lipinski definition) is 2. The van der Waals surface area contributed by atoms with Crippen molar-refractivity contribution in [3.8, 4) is 0 Å². The van der Waals surface area contributed by atoms with Crippen LogP contribution in [0.3, 0.4) is 0 Å². The Morgan fingerprint density at radius 1 is 1.39 bits per heavy atom. The van der Waals surface area contributed by atoms with Crippen molar-refractivity contribution in [2.75, 3.05) is 0 Å². The molecule has 2 N–H and O–H groups in total. The highest BCUT2D eigenvalue weighted by Crippen LogP contribution is 2.15. The number of halogens is 1. The molecule has 5 heteroatoms. The molecule has 0 bridgehead atoms. The van der Waals surface area contributed by atoms with Crippen LogP contribution in [0, 0.1) is 0 Å². The number of carboxylic acids is 1. The summed E-state index contributed by atoms with van der Waals surface area (Å²) in [6.45, 7) is 1.94. The Labute approximate surface area is 111 Å². The van der Waals surface area contributed by atoms with Crippen LogP contribution in [0.15, 0.2) is 24.3 Å². The fourth-order valence-corrected chi connectivity index (χ4v) is 1.91. The molecule has 0 radical (unpaired) electrons. The van der Waals surface area contributed by atoms with Crippen molar-refractivity contribution in [3.05, 3.63) is 34.9 Å². The number of benzene rings is 1. The average Bonchev–Trinajstić information content (AvgIpc) is 2.28. The summed E-state index contributed by atoms with van der Waals surface area (Å²) in [5.74, 6) is -1.26. The fourth-order valence-electron chi connectivity index (χ4n) is 1.69. The van der Waals surface area contributed by atoms with Gasteiger partial charge in [-0.25, -0.2) is 0 Å². The van der Waals surface area contributed by atoms with Gasteiger partial charge in [-0.1, -0.05) is 37.1 Å². The van der Waals surface area contributed by atoms with Gasteiger partial charge in [0.1, 0.15) is 0 Å². The van der Waals surface area contributed by atoms with E-state index >= 15 is 0 Å². The van der Waals surface area contributed by atoms with E-state index < -0.39 is 5.97 Å². The van der Waals surface area contributed by atoms with Crippen LogP contribution in [0.4, 0.5) is 0 Å². The molecule has 0 aliphatic rings. The molecule has 0 fully saturated rings. The van der Waals surface area contributed by atoms with Gasteiger partial charge in [-0.2, -0.15) is 0 Å². The zero-order chi connectivity index (χ0) is 13.5. The third-order valence-electron chi connectivity index (χ3n) is 2.51. The van der Waals surface area contributed by atoms with Gasteiger partial charge >= 0.3 is 5.97 Å². The lowest BCUT2D eigenvalue weighted by molar-refractivity contribution is -0.137. The monoisotopic (exact) mass is 269 g/mol. The summed E-state index contributed by atoms with van der Waals surface area (Å²) in [6.07, 6.45) is 1.35. The highest BCUT2D eigenvalue weighted by molar-refractivity contribution is 6.33. The van der Waals surface area contributed by atoms with Gasteiger partial charge in [-0.15, -0.1) is 0 Å². The smallest absolute Gasteiger partial charge is 0.305 e. The predicted molar refractivity (Wildman–Crippen MR) is 69.9 cm³/mol. The molecule has 0 saturated heterocycles. The molecule has 1 unspecified atom stereocenters. The molecule has 0 heterocycles. The van der Waals surface area contributed by atoms with Crippen LogP contribution in [0.5, 0.6) is 0 Å². The molecule has 4 nitrogen and oxygen atoms in total. The van der Waals surface area contributed by atoms with E-state index in [-0.39, 0.29) is 18.4 Å². The summed E-state index contributed by atoms with van der Waals surface area (Å²) in [7, 11) is 0. The average molecular weight is 270 g/mol. The minimum absolute atomic E-state index is 0.0793. The van der Waals surface area contributed by atoms with Crippen LogP contribution in [0.25, 0.3) is 0 Å². The Bertz CT molecular complexity index is 434. The van der Waals surface area contributed by atoms with Gasteiger partial charge in [-0.05, 0) is 18.6 Å². The van der Waals surface area contributed by atoms with E-state index in [2.05, 4.69) is 5.32 Å². The first-order valence-corrected chi connectivity index (χ1v) is 6.19. The van der Waals surface area contributed by atoms with Crippen molar-refractivity contribution < 1.29 is 14.7 Å². The van der Waals surface area contributed by atoms with Gasteiger partial charge in [-0.3, -0.25) is 9.59 Å². The molecule has 98 valence electrons. The molecular weight excluding hydrogens is 254 g/mol. The second-order valence-corrected chi connectivity index (χ2v) is 4.44. The van der Waals surface area contributed by atoms with Gasteiger partial charge in [0.2, 0.25) is 0 Å². The van der Waals surface area contributed by atoms with Gasteiger partial charge in [0.15, 0.2) is 0 Å². The van der Waals surface area contributed by atoms with Crippen molar-refractivity contribution >= 4 is 23.5 Å². The molecule has 1 aromatic rings. The van der Waals surface area contributed by atoms with Crippen LogP contribution in [-0.2, 0) is 4.79 Å². The molecular formula is C13H16ClNO3. The molecule has 18 heavy (non-hydrogen) atoms. The summed E-state index contributed by atoms with van der Waals surface area (Å²) in [5, 5.41) is 11.8. The predicted octanol–water partition coefficient (Wildman–Crippen LogP) is 2.71. The summed E-state index contributed by atoms with van der Waals surface area (Å²) in [6, 6.07) is 6.33. The van der Waals surface area contributed by atoms with Crippen molar-refractivity contribution in [2.24, 2.45) is 0 Å². The maximum atomic E-state index is 11.9. The molecule has 1 rings (SSSR count). The number of carbonyl (C=O) groups excluding carboxylic acids is 1. The Morgan fingerprint density at radius 2 is 2.06 bits per heavy atom. The lowest BCUT2D eigenvalue weighted by Gasteiger charge is -2.16. The Morgan fingerprint density at radius 3 is 2.61 bits per heavy atom. The fraction of sp³-hybridized carbons (Fsp3) is 0.385. The van der Waals surface area contributed by atoms with E-state index in [4.69, 9.17) is 16.7 Å². The number of hydrogen-bond donors (Lipinski definition) is 2. The van der Waals surface area contributed by atoms with Gasteiger partial charge < -0.3 is 10.4 Å². The number of amides is 1. The maximum absolute atomic E-state index is 11.9. The second kappa shape index (κ2) is 7.01. The maximum Gasteiger partial charge on any atom is 0.305 e. The molecule has 0 saturated carbocycles. The zero-order valence-corrected chi connectivity index (χ0v) is 10.9. The number of aliphatic carboxylic acids is 1. The number of carbonyl (C=O) groups is 2. The standard InChI is InChI=1S/C13H16ClNO3/c1-2-5-9(8-12(16)17)15-13(18)10-6-3-4-7-11(10)14/h3-4,6-7,9H,2,5,8H2,1H3,(H,15,18)(H,16,17). The van der Waals surface area contributed by atoms with Crippen LogP contribution >= 0.6 is 11.6 Å². The van der Waals surface area contributed by atoms with Gasteiger partial charge in [0.05, 0.1) is 17.0 Å². The van der Waals surface area contributed by atoms with E-state index in [1.165, 1.54) is 0 Å². The van der Waals surface area contributed by atoms with Gasteiger partial charge in [0.25, 0.3) is 5.91 Å². The first kappa shape index (κ1) is 14.5. The molecule has 1 aromatic carbocycles. The largest absolute Gasteiger partial charge is 0.481 e. The highest BCUT2D eigenvalue weighted by Gasteiger charge is 2.17. The third-order valence-corrected chi connectivity index (χ3v) is 2.84. The number of rotatable bonds is 6. The number of nitrogens with one attached hydrogen (secondary N) is 1. The van der Waals surface area contributed by atoms with Crippen LogP contribution in [0.1, 0.15) is 36.5 Å². The minimum Gasteiger partial charge on any atom is -0.481 e. The van der Waals surface area contributed by atoms with Crippen molar-refractivity contribution in [1.29, 1.82) is 0 Å². The van der Waals surface area contributed by atoms with Crippen LogP contribution in [-0.4, -0.2) is 23.0 Å². The first-order chi connectivity index (χ1) is 8.54. The molecule has 1 atom stereocenters. The SMILES string of the molecule is CCCC(CC(=O)O)NC(=O)c1ccccc1Cl. The Hall–Kier alpha value is -1.55. The van der Waals surface area contributed by atoms with E-state index in [1.54, 1.807) is 24.3 Å². The summed E-state index contributed by atoms with van der Waals surface area (Å²) < 4.78 is 0. The minimum atomic E-state index is -0.923. The van der Waals surface area contributed by atoms with Crippen LogP contribution < -0.4 is 5.32 Å². The van der Waals surface area contributed by atoms with E-state index in [0.717, 1.165) is 6.42 Å². The highest BCUT2D eigenvalue weighted by atomic mass is 35.5. The summed E-state index contributed by atoms with van der Waals surface area (Å²) >= 11 is 5.91. The lowest BCUT2D eigenvalue weighted by Crippen LogP contribution is -2.36. The van der Waals surface area contributed by atoms with Crippen LogP contribution in [0.2, 0.25) is 5.02 Å². The first-order valence-electron chi connectivity index (χ1n) is 5.81. The van der Waals surface area contributed by atoms with Crippen molar-refractivity contribution in [3.63, 3.8) is 0 Å². The van der Waals surface area contributed by atoms with E-state index in [9.17, 15) is 9.59 Å². The summed E-state index contributed by atoms with van der Waals surface area (Å²) in [5.41, 5.74) is 0.366. The quantitative estimate of drug-likeness (QED) is 0.834. The zero-order valence-electron chi connectivity index (χ0n) is 10.1. The number of carboxylic acid groups (broad SMARTS) is 1. The molecule has 0 aromatic heterocycles. The van der Waals surface area contributed by atoms with Crippen molar-refractivity contribution in [1.82, 2.24) is 5.32 Å². The Kier molecular flexibility index (Phi) is 5.65. The molecule has 0 aliphatic carbocycles. The lowest BCUT2D eigenvalue weighted by atomic mass is 10.1. The molecule has 0 spiro atoms.